The van der Waals surface area contributed by atoms with E-state index >= 15 is 0 Å². The van der Waals surface area contributed by atoms with Gasteiger partial charge in [0.25, 0.3) is 5.56 Å². The van der Waals surface area contributed by atoms with E-state index in [9.17, 15) is 9.59 Å². The number of hydrogen-bond donors (Lipinski definition) is 1. The minimum absolute atomic E-state index is 0.0267. The monoisotopic (exact) mass is 542 g/mol. The Kier molecular flexibility index (Phi) is 8.57. The van der Waals surface area contributed by atoms with E-state index < -0.39 is 0 Å². The van der Waals surface area contributed by atoms with Crippen LogP contribution in [0.25, 0.3) is 22.5 Å². The van der Waals surface area contributed by atoms with Gasteiger partial charge in [0.1, 0.15) is 0 Å². The quantitative estimate of drug-likeness (QED) is 0.193. The molecular formula is C31H38N6O3. The molecule has 2 unspecified atom stereocenters. The summed E-state index contributed by atoms with van der Waals surface area (Å²) >= 11 is 0. The summed E-state index contributed by atoms with van der Waals surface area (Å²) in [6.45, 7) is 6.54. The van der Waals surface area contributed by atoms with Crippen LogP contribution in [-0.2, 0) is 22.4 Å². The molecule has 9 heteroatoms. The highest BCUT2D eigenvalue weighted by molar-refractivity contribution is 5.80. The molecule has 0 amide bonds. The molecule has 0 saturated heterocycles. The van der Waals surface area contributed by atoms with Gasteiger partial charge in [-0.25, -0.2) is 4.68 Å². The second-order valence-corrected chi connectivity index (χ2v) is 10.6. The highest BCUT2D eigenvalue weighted by Gasteiger charge is 2.32. The van der Waals surface area contributed by atoms with Crippen LogP contribution in [-0.4, -0.2) is 42.6 Å². The van der Waals surface area contributed by atoms with Crippen molar-refractivity contribution in [1.82, 2.24) is 30.0 Å². The van der Waals surface area contributed by atoms with Gasteiger partial charge in [-0.2, -0.15) is 5.21 Å². The van der Waals surface area contributed by atoms with Crippen LogP contribution < -0.4 is 5.56 Å². The molecule has 1 N–H and O–H groups in total. The molecule has 3 heterocycles. The Balaban J connectivity index is 1.48. The maximum absolute atomic E-state index is 14.0. The first-order valence-electron chi connectivity index (χ1n) is 14.4. The van der Waals surface area contributed by atoms with Gasteiger partial charge in [-0.3, -0.25) is 14.3 Å². The molecule has 0 saturated carbocycles. The Labute approximate surface area is 234 Å². The number of benzene rings is 2. The zero-order valence-electron chi connectivity index (χ0n) is 23.6. The average Bonchev–Trinajstić information content (AvgIpc) is 3.59. The van der Waals surface area contributed by atoms with E-state index in [-0.39, 0.29) is 30.0 Å². The summed E-state index contributed by atoms with van der Waals surface area (Å²) in [5.74, 6) is 0.308. The lowest BCUT2D eigenvalue weighted by atomic mass is 9.96. The van der Waals surface area contributed by atoms with E-state index in [0.717, 1.165) is 72.0 Å². The molecule has 0 bridgehead atoms. The third-order valence-corrected chi connectivity index (χ3v) is 7.89. The van der Waals surface area contributed by atoms with Crippen molar-refractivity contribution in [2.75, 3.05) is 6.61 Å². The molecule has 1 aliphatic heterocycles. The normalized spacial score (nSPS) is 16.6. The van der Waals surface area contributed by atoms with Gasteiger partial charge in [0.05, 0.1) is 19.1 Å². The van der Waals surface area contributed by atoms with Crippen LogP contribution in [0, 0.1) is 0 Å². The molecule has 2 aromatic carbocycles. The van der Waals surface area contributed by atoms with E-state index in [0.29, 0.717) is 18.9 Å². The molecule has 0 radical (unpaired) electrons. The smallest absolute Gasteiger partial charge is 0.307 e. The van der Waals surface area contributed by atoms with Crippen molar-refractivity contribution >= 4 is 5.97 Å². The molecule has 40 heavy (non-hydrogen) atoms. The van der Waals surface area contributed by atoms with Gasteiger partial charge in [-0.05, 0) is 61.4 Å². The topological polar surface area (TPSA) is 108 Å². The summed E-state index contributed by atoms with van der Waals surface area (Å²) in [6.07, 6.45) is 6.65. The van der Waals surface area contributed by atoms with Crippen LogP contribution in [0.5, 0.6) is 0 Å². The predicted molar refractivity (Wildman–Crippen MR) is 154 cm³/mol. The molecular weight excluding hydrogens is 504 g/mol. The zero-order chi connectivity index (χ0) is 28.1. The number of carbonyl (C=O) groups excluding carboxylic acids is 1. The second kappa shape index (κ2) is 12.4. The number of esters is 1. The highest BCUT2D eigenvalue weighted by atomic mass is 16.5. The maximum Gasteiger partial charge on any atom is 0.307 e. The lowest BCUT2D eigenvalue weighted by Crippen LogP contribution is -2.35. The molecule has 0 aliphatic carbocycles. The first kappa shape index (κ1) is 27.6. The number of rotatable bonds is 11. The average molecular weight is 543 g/mol. The standard InChI is InChI=1S/C31H38N6O3/c1-4-6-7-12-28-27(31(39)37-24(20-29(38)40-5-2)18-13-21(3)36(28)37)19-22-14-16-23(17-15-22)25-10-8-9-11-26(25)30-32-34-35-33-30/h8-11,14-17,21,24H,4-7,12-13,18-20H2,1-3H3,(H,32,33,34,35). The fourth-order valence-electron chi connectivity index (χ4n) is 5.92. The number of nitrogens with one attached hydrogen (secondary N) is 1. The van der Waals surface area contributed by atoms with Crippen LogP contribution in [0.2, 0.25) is 0 Å². The van der Waals surface area contributed by atoms with E-state index in [4.69, 9.17) is 4.74 Å². The SMILES string of the molecule is CCCCCc1c(Cc2ccc(-c3ccccc3-c3nn[nH]n3)cc2)c(=O)n2n1C(C)CCC2CC(=O)OCC. The summed E-state index contributed by atoms with van der Waals surface area (Å²) in [7, 11) is 0. The summed E-state index contributed by atoms with van der Waals surface area (Å²) in [5.41, 5.74) is 6.03. The molecule has 210 valence electrons. The molecule has 9 nitrogen and oxygen atoms in total. The number of nitrogens with zero attached hydrogens (tertiary/aromatic N) is 5. The summed E-state index contributed by atoms with van der Waals surface area (Å²) in [5, 5.41) is 14.5. The van der Waals surface area contributed by atoms with Gasteiger partial charge in [0.2, 0.25) is 5.82 Å². The summed E-state index contributed by atoms with van der Waals surface area (Å²) < 4.78 is 9.32. The Hall–Kier alpha value is -4.01. The summed E-state index contributed by atoms with van der Waals surface area (Å²) in [4.78, 5) is 26.4. The number of hydrogen-bond acceptors (Lipinski definition) is 6. The molecule has 2 aromatic heterocycles. The van der Waals surface area contributed by atoms with Crippen LogP contribution in [0.15, 0.2) is 53.3 Å². The Bertz CT molecular complexity index is 1490. The number of fused-ring (bicyclic) bond motifs is 1. The number of ether oxygens (including phenoxy) is 1. The van der Waals surface area contributed by atoms with Gasteiger partial charge in [0.15, 0.2) is 0 Å². The number of unbranched alkanes of at least 4 members (excludes halogenated alkanes) is 2. The van der Waals surface area contributed by atoms with Crippen LogP contribution in [0.4, 0.5) is 0 Å². The summed E-state index contributed by atoms with van der Waals surface area (Å²) in [6, 6.07) is 16.4. The minimum atomic E-state index is -0.243. The third-order valence-electron chi connectivity index (χ3n) is 7.89. The predicted octanol–water partition coefficient (Wildman–Crippen LogP) is 5.67. The first-order valence-corrected chi connectivity index (χ1v) is 14.4. The van der Waals surface area contributed by atoms with Gasteiger partial charge < -0.3 is 4.74 Å². The third kappa shape index (κ3) is 5.64. The lowest BCUT2D eigenvalue weighted by molar-refractivity contribution is -0.144. The zero-order valence-corrected chi connectivity index (χ0v) is 23.6. The fraction of sp³-hybridized carbons (Fsp3) is 0.452. The number of aromatic nitrogens is 6. The molecule has 2 atom stereocenters. The molecule has 5 rings (SSSR count). The largest absolute Gasteiger partial charge is 0.466 e. The van der Waals surface area contributed by atoms with Gasteiger partial charge in [-0.1, -0.05) is 68.3 Å². The van der Waals surface area contributed by atoms with Crippen molar-refractivity contribution < 1.29 is 9.53 Å². The van der Waals surface area contributed by atoms with Crippen molar-refractivity contribution in [2.24, 2.45) is 0 Å². The molecule has 0 spiro atoms. The number of carbonyl (C=O) groups is 1. The Morgan fingerprint density at radius 2 is 1.80 bits per heavy atom. The van der Waals surface area contributed by atoms with Crippen molar-refractivity contribution in [3.05, 3.63) is 75.7 Å². The number of aromatic amines is 1. The molecule has 1 aliphatic rings. The van der Waals surface area contributed by atoms with Crippen molar-refractivity contribution in [1.29, 1.82) is 0 Å². The van der Waals surface area contributed by atoms with Crippen LogP contribution >= 0.6 is 0 Å². The van der Waals surface area contributed by atoms with Gasteiger partial charge in [0, 0.05) is 29.3 Å². The van der Waals surface area contributed by atoms with E-state index in [2.05, 4.69) is 63.4 Å². The van der Waals surface area contributed by atoms with Crippen molar-refractivity contribution in [3.8, 4) is 22.5 Å². The highest BCUT2D eigenvalue weighted by Crippen LogP contribution is 2.34. The van der Waals surface area contributed by atoms with E-state index in [1.807, 2.05) is 35.9 Å². The van der Waals surface area contributed by atoms with Gasteiger partial charge >= 0.3 is 5.97 Å². The van der Waals surface area contributed by atoms with Crippen molar-refractivity contribution in [3.63, 3.8) is 0 Å². The first-order chi connectivity index (χ1) is 19.5. The van der Waals surface area contributed by atoms with Crippen LogP contribution in [0.1, 0.15) is 88.2 Å². The number of H-pyrrole nitrogens is 1. The van der Waals surface area contributed by atoms with E-state index in [1.54, 1.807) is 0 Å². The molecule has 4 aromatic rings. The van der Waals surface area contributed by atoms with E-state index in [1.165, 1.54) is 0 Å². The minimum Gasteiger partial charge on any atom is -0.466 e. The number of tetrazole rings is 1. The fourth-order valence-corrected chi connectivity index (χ4v) is 5.92. The van der Waals surface area contributed by atoms with Crippen molar-refractivity contribution in [2.45, 2.75) is 84.2 Å². The lowest BCUT2D eigenvalue weighted by Gasteiger charge is -2.32. The van der Waals surface area contributed by atoms with Gasteiger partial charge in [-0.15, -0.1) is 10.2 Å². The van der Waals surface area contributed by atoms with Crippen LogP contribution in [0.3, 0.4) is 0 Å². The Morgan fingerprint density at radius 1 is 1.02 bits per heavy atom. The second-order valence-electron chi connectivity index (χ2n) is 10.6. The maximum atomic E-state index is 14.0. The molecule has 0 fully saturated rings. The Morgan fingerprint density at radius 3 is 2.50 bits per heavy atom.